The maximum absolute atomic E-state index is 12.1. The van der Waals surface area contributed by atoms with Crippen LogP contribution in [0.4, 0.5) is 0 Å². The highest BCUT2D eigenvalue weighted by molar-refractivity contribution is 5.92. The number of carbonyl (C=O) groups is 3. The number of carbonyl (C=O) groups excluding carboxylic acids is 3. The summed E-state index contributed by atoms with van der Waals surface area (Å²) in [5.74, 6) is -1.21. The van der Waals surface area contributed by atoms with Gasteiger partial charge in [0, 0.05) is 6.42 Å². The molecule has 1 amide bonds. The van der Waals surface area contributed by atoms with E-state index in [-0.39, 0.29) is 12.0 Å². The van der Waals surface area contributed by atoms with Crippen LogP contribution in [0.25, 0.3) is 0 Å². The van der Waals surface area contributed by atoms with E-state index in [1.165, 1.54) is 26.4 Å². The van der Waals surface area contributed by atoms with Crippen molar-refractivity contribution in [2.24, 2.45) is 0 Å². The first kappa shape index (κ1) is 20.0. The second-order valence-electron chi connectivity index (χ2n) is 5.64. The Morgan fingerprint density at radius 1 is 0.963 bits per heavy atom. The van der Waals surface area contributed by atoms with Gasteiger partial charge in [0.25, 0.3) is 5.91 Å². The standard InChI is InChI=1S/C20H21NO6/c1-25-16-10-8-15(9-11-16)19(23)27-13-18(22)21-17(20(24)26-2)12-14-6-4-3-5-7-14/h3-11,17H,12-13H2,1-2H3,(H,21,22). The van der Waals surface area contributed by atoms with Crippen molar-refractivity contribution in [2.45, 2.75) is 12.5 Å². The fourth-order valence-electron chi connectivity index (χ4n) is 2.36. The van der Waals surface area contributed by atoms with Gasteiger partial charge in [0.05, 0.1) is 19.8 Å². The van der Waals surface area contributed by atoms with Crippen molar-refractivity contribution in [1.82, 2.24) is 5.32 Å². The van der Waals surface area contributed by atoms with Crippen molar-refractivity contribution in [1.29, 1.82) is 0 Å². The van der Waals surface area contributed by atoms with Crippen molar-refractivity contribution in [3.05, 3.63) is 65.7 Å². The zero-order chi connectivity index (χ0) is 19.6. The fraction of sp³-hybridized carbons (Fsp3) is 0.250. The first-order chi connectivity index (χ1) is 13.0. The van der Waals surface area contributed by atoms with Gasteiger partial charge in [-0.25, -0.2) is 9.59 Å². The van der Waals surface area contributed by atoms with Crippen LogP contribution in [0.3, 0.4) is 0 Å². The van der Waals surface area contributed by atoms with E-state index in [1.807, 2.05) is 30.3 Å². The molecule has 7 nitrogen and oxygen atoms in total. The summed E-state index contributed by atoms with van der Waals surface area (Å²) in [6.07, 6.45) is 0.270. The Bertz CT molecular complexity index is 773. The van der Waals surface area contributed by atoms with Crippen molar-refractivity contribution >= 4 is 17.8 Å². The third kappa shape index (κ3) is 6.14. The Morgan fingerprint density at radius 3 is 2.22 bits per heavy atom. The number of nitrogens with one attached hydrogen (secondary N) is 1. The summed E-state index contributed by atoms with van der Waals surface area (Å²) in [6.45, 7) is -0.507. The van der Waals surface area contributed by atoms with Crippen LogP contribution in [0.1, 0.15) is 15.9 Å². The zero-order valence-electron chi connectivity index (χ0n) is 15.1. The van der Waals surface area contributed by atoms with Crippen LogP contribution in [-0.2, 0) is 25.5 Å². The minimum atomic E-state index is -0.871. The van der Waals surface area contributed by atoms with Crippen LogP contribution in [-0.4, -0.2) is 44.7 Å². The minimum absolute atomic E-state index is 0.270. The molecule has 0 aliphatic heterocycles. The van der Waals surface area contributed by atoms with Crippen molar-refractivity contribution in [3.63, 3.8) is 0 Å². The van der Waals surface area contributed by atoms with Crippen molar-refractivity contribution in [2.75, 3.05) is 20.8 Å². The molecule has 0 saturated heterocycles. The smallest absolute Gasteiger partial charge is 0.338 e. The van der Waals surface area contributed by atoms with Crippen LogP contribution in [0.15, 0.2) is 54.6 Å². The van der Waals surface area contributed by atoms with Gasteiger partial charge in [-0.2, -0.15) is 0 Å². The lowest BCUT2D eigenvalue weighted by Crippen LogP contribution is -2.44. The van der Waals surface area contributed by atoms with Crippen LogP contribution in [0, 0.1) is 0 Å². The van der Waals surface area contributed by atoms with Gasteiger partial charge in [0.15, 0.2) is 6.61 Å². The highest BCUT2D eigenvalue weighted by Crippen LogP contribution is 2.12. The predicted octanol–water partition coefficient (Wildman–Crippen LogP) is 1.75. The molecule has 0 aliphatic carbocycles. The third-order valence-electron chi connectivity index (χ3n) is 3.76. The summed E-state index contributed by atoms with van der Waals surface area (Å²) in [5.41, 5.74) is 1.15. The number of hydrogen-bond donors (Lipinski definition) is 1. The third-order valence-corrected chi connectivity index (χ3v) is 3.76. The van der Waals surface area contributed by atoms with E-state index in [2.05, 4.69) is 5.32 Å². The molecule has 0 aliphatic rings. The Hall–Kier alpha value is -3.35. The molecule has 1 unspecified atom stereocenters. The monoisotopic (exact) mass is 371 g/mol. The molecule has 2 aromatic rings. The van der Waals surface area contributed by atoms with Crippen LogP contribution in [0.5, 0.6) is 5.75 Å². The minimum Gasteiger partial charge on any atom is -0.497 e. The second-order valence-corrected chi connectivity index (χ2v) is 5.64. The summed E-state index contributed by atoms with van der Waals surface area (Å²) >= 11 is 0. The molecule has 0 fully saturated rings. The Labute approximate surface area is 157 Å². The van der Waals surface area contributed by atoms with Gasteiger partial charge in [-0.15, -0.1) is 0 Å². The number of benzene rings is 2. The molecule has 1 N–H and O–H groups in total. The molecule has 27 heavy (non-hydrogen) atoms. The summed E-state index contributed by atoms with van der Waals surface area (Å²) in [6, 6.07) is 14.6. The van der Waals surface area contributed by atoms with E-state index < -0.39 is 30.5 Å². The molecule has 7 heteroatoms. The molecule has 142 valence electrons. The molecule has 0 saturated carbocycles. The van der Waals surface area contributed by atoms with Crippen molar-refractivity contribution in [3.8, 4) is 5.75 Å². The van der Waals surface area contributed by atoms with E-state index in [1.54, 1.807) is 12.1 Å². The average Bonchev–Trinajstić information content (AvgIpc) is 2.71. The van der Waals surface area contributed by atoms with E-state index in [0.29, 0.717) is 5.75 Å². The largest absolute Gasteiger partial charge is 0.497 e. The lowest BCUT2D eigenvalue weighted by atomic mass is 10.1. The predicted molar refractivity (Wildman–Crippen MR) is 97.4 cm³/mol. The first-order valence-electron chi connectivity index (χ1n) is 8.25. The summed E-state index contributed by atoms with van der Waals surface area (Å²) in [5, 5.41) is 2.53. The van der Waals surface area contributed by atoms with Gasteiger partial charge in [-0.3, -0.25) is 4.79 Å². The molecular formula is C20H21NO6. The summed E-state index contributed by atoms with van der Waals surface area (Å²) < 4.78 is 14.7. The van der Waals surface area contributed by atoms with Gasteiger partial charge in [-0.05, 0) is 29.8 Å². The maximum Gasteiger partial charge on any atom is 0.338 e. The number of hydrogen-bond acceptors (Lipinski definition) is 6. The van der Waals surface area contributed by atoms with Gasteiger partial charge in [0.1, 0.15) is 11.8 Å². The van der Waals surface area contributed by atoms with E-state index in [4.69, 9.17) is 14.2 Å². The normalized spacial score (nSPS) is 11.2. The highest BCUT2D eigenvalue weighted by atomic mass is 16.5. The van der Waals surface area contributed by atoms with Gasteiger partial charge >= 0.3 is 11.9 Å². The molecule has 2 rings (SSSR count). The number of methoxy groups -OCH3 is 2. The number of esters is 2. The lowest BCUT2D eigenvalue weighted by Gasteiger charge is -2.16. The van der Waals surface area contributed by atoms with E-state index in [0.717, 1.165) is 5.56 Å². The van der Waals surface area contributed by atoms with Gasteiger partial charge in [-0.1, -0.05) is 30.3 Å². The number of amides is 1. The Kier molecular flexibility index (Phi) is 7.37. The summed E-state index contributed by atoms with van der Waals surface area (Å²) in [4.78, 5) is 36.0. The molecule has 2 aromatic carbocycles. The zero-order valence-corrected chi connectivity index (χ0v) is 15.1. The molecule has 0 aromatic heterocycles. The Balaban J connectivity index is 1.90. The molecule has 0 heterocycles. The van der Waals surface area contributed by atoms with E-state index >= 15 is 0 Å². The number of rotatable bonds is 8. The second kappa shape index (κ2) is 9.96. The molecule has 1 atom stereocenters. The van der Waals surface area contributed by atoms with Crippen molar-refractivity contribution < 1.29 is 28.6 Å². The quantitative estimate of drug-likeness (QED) is 0.711. The van der Waals surface area contributed by atoms with Crippen LogP contribution >= 0.6 is 0 Å². The summed E-state index contributed by atoms with van der Waals surface area (Å²) in [7, 11) is 2.76. The van der Waals surface area contributed by atoms with Crippen LogP contribution < -0.4 is 10.1 Å². The van der Waals surface area contributed by atoms with Crippen LogP contribution in [0.2, 0.25) is 0 Å². The molecule has 0 spiro atoms. The number of ether oxygens (including phenoxy) is 3. The molecule has 0 bridgehead atoms. The maximum atomic E-state index is 12.1. The first-order valence-corrected chi connectivity index (χ1v) is 8.25. The topological polar surface area (TPSA) is 90.9 Å². The van der Waals surface area contributed by atoms with Gasteiger partial charge < -0.3 is 19.5 Å². The molecular weight excluding hydrogens is 350 g/mol. The van der Waals surface area contributed by atoms with Gasteiger partial charge in [0.2, 0.25) is 0 Å². The Morgan fingerprint density at radius 2 is 1.63 bits per heavy atom. The lowest BCUT2D eigenvalue weighted by molar-refractivity contribution is -0.145. The fourth-order valence-corrected chi connectivity index (χ4v) is 2.36. The van der Waals surface area contributed by atoms with E-state index in [9.17, 15) is 14.4 Å². The SMILES string of the molecule is COC(=O)C(Cc1ccccc1)NC(=O)COC(=O)c1ccc(OC)cc1. The molecule has 0 radical (unpaired) electrons. The highest BCUT2D eigenvalue weighted by Gasteiger charge is 2.22. The average molecular weight is 371 g/mol.